The van der Waals surface area contributed by atoms with Crippen LogP contribution in [0.25, 0.3) is 0 Å². The summed E-state index contributed by atoms with van der Waals surface area (Å²) >= 11 is 0. The van der Waals surface area contributed by atoms with Crippen molar-refractivity contribution in [3.05, 3.63) is 24.3 Å². The van der Waals surface area contributed by atoms with Gasteiger partial charge in [-0.2, -0.15) is 0 Å². The van der Waals surface area contributed by atoms with Crippen molar-refractivity contribution < 1.29 is 17.9 Å². The molecular weight excluding hydrogens is 304 g/mol. The molecule has 0 radical (unpaired) electrons. The van der Waals surface area contributed by atoms with Gasteiger partial charge in [0.05, 0.1) is 11.0 Å². The predicted molar refractivity (Wildman–Crippen MR) is 84.1 cm³/mol. The maximum absolute atomic E-state index is 12.2. The molecule has 0 aromatic heterocycles. The summed E-state index contributed by atoms with van der Waals surface area (Å²) in [7, 11) is -3.55. The van der Waals surface area contributed by atoms with Crippen molar-refractivity contribution >= 4 is 21.6 Å². The summed E-state index contributed by atoms with van der Waals surface area (Å²) in [6.45, 7) is 2.91. The monoisotopic (exact) mass is 326 g/mol. The largest absolute Gasteiger partial charge is 0.377 e. The van der Waals surface area contributed by atoms with Crippen molar-refractivity contribution in [2.45, 2.75) is 43.6 Å². The molecule has 0 saturated carbocycles. The van der Waals surface area contributed by atoms with Gasteiger partial charge in [0.25, 0.3) is 0 Å². The van der Waals surface area contributed by atoms with E-state index in [1.807, 2.05) is 6.92 Å². The Labute approximate surface area is 131 Å². The molecule has 2 rings (SSSR count). The zero-order valence-corrected chi connectivity index (χ0v) is 13.5. The number of carbonyl (C=O) groups excluding carboxylic acids is 1. The number of sulfonamides is 1. The van der Waals surface area contributed by atoms with E-state index in [0.29, 0.717) is 18.7 Å². The van der Waals surface area contributed by atoms with Crippen LogP contribution in [-0.4, -0.2) is 33.6 Å². The summed E-state index contributed by atoms with van der Waals surface area (Å²) in [6, 6.07) is 6.15. The Morgan fingerprint density at radius 1 is 1.32 bits per heavy atom. The maximum Gasteiger partial charge on any atom is 0.240 e. The maximum atomic E-state index is 12.2. The molecule has 0 spiro atoms. The molecule has 0 bridgehead atoms. The number of rotatable bonds is 7. The number of carbonyl (C=O) groups is 1. The normalized spacial score (nSPS) is 18.3. The fourth-order valence-electron chi connectivity index (χ4n) is 2.26. The van der Waals surface area contributed by atoms with E-state index in [2.05, 4.69) is 10.0 Å². The Morgan fingerprint density at radius 3 is 2.64 bits per heavy atom. The van der Waals surface area contributed by atoms with Crippen LogP contribution in [0.5, 0.6) is 0 Å². The third kappa shape index (κ3) is 4.79. The lowest BCUT2D eigenvalue weighted by Gasteiger charge is -2.12. The molecule has 1 aliphatic heterocycles. The number of hydrogen-bond acceptors (Lipinski definition) is 4. The van der Waals surface area contributed by atoms with E-state index in [9.17, 15) is 13.2 Å². The molecule has 6 nitrogen and oxygen atoms in total. The molecule has 1 aromatic carbocycles. The van der Waals surface area contributed by atoms with E-state index < -0.39 is 10.0 Å². The minimum atomic E-state index is -3.55. The fourth-order valence-corrected chi connectivity index (χ4v) is 3.33. The second kappa shape index (κ2) is 7.71. The SMILES string of the molecule is CCCC(=O)Nc1ccc(S(=O)(=O)NC[C@H]2CCCO2)cc1. The summed E-state index contributed by atoms with van der Waals surface area (Å²) in [5.74, 6) is -0.0744. The van der Waals surface area contributed by atoms with Crippen LogP contribution in [0.3, 0.4) is 0 Å². The third-order valence-corrected chi connectivity index (χ3v) is 4.89. The van der Waals surface area contributed by atoms with Crippen LogP contribution >= 0.6 is 0 Å². The van der Waals surface area contributed by atoms with E-state index in [4.69, 9.17) is 4.74 Å². The van der Waals surface area contributed by atoms with Crippen molar-refractivity contribution in [3.63, 3.8) is 0 Å². The van der Waals surface area contributed by atoms with Crippen molar-refractivity contribution in [1.82, 2.24) is 4.72 Å². The fraction of sp³-hybridized carbons (Fsp3) is 0.533. The quantitative estimate of drug-likeness (QED) is 0.801. The molecule has 1 fully saturated rings. The molecule has 0 aliphatic carbocycles. The van der Waals surface area contributed by atoms with E-state index in [1.54, 1.807) is 12.1 Å². The Hall–Kier alpha value is -1.44. The van der Waals surface area contributed by atoms with Gasteiger partial charge in [-0.15, -0.1) is 0 Å². The third-order valence-electron chi connectivity index (χ3n) is 3.45. The highest BCUT2D eigenvalue weighted by molar-refractivity contribution is 7.89. The smallest absolute Gasteiger partial charge is 0.240 e. The Kier molecular flexibility index (Phi) is 5.93. The highest BCUT2D eigenvalue weighted by atomic mass is 32.2. The Morgan fingerprint density at radius 2 is 2.05 bits per heavy atom. The number of anilines is 1. The zero-order chi connectivity index (χ0) is 16.0. The first-order valence-electron chi connectivity index (χ1n) is 7.52. The highest BCUT2D eigenvalue weighted by Gasteiger charge is 2.20. The average molecular weight is 326 g/mol. The van der Waals surface area contributed by atoms with Crippen LogP contribution in [0.4, 0.5) is 5.69 Å². The molecule has 22 heavy (non-hydrogen) atoms. The van der Waals surface area contributed by atoms with Crippen LogP contribution in [0, 0.1) is 0 Å². The van der Waals surface area contributed by atoms with Gasteiger partial charge in [-0.05, 0) is 43.5 Å². The van der Waals surface area contributed by atoms with Crippen molar-refractivity contribution in [2.24, 2.45) is 0 Å². The van der Waals surface area contributed by atoms with Crippen LogP contribution in [0.1, 0.15) is 32.6 Å². The molecule has 2 N–H and O–H groups in total. The number of ether oxygens (including phenoxy) is 1. The van der Waals surface area contributed by atoms with Gasteiger partial charge in [0.2, 0.25) is 15.9 Å². The summed E-state index contributed by atoms with van der Waals surface area (Å²) < 4.78 is 32.3. The summed E-state index contributed by atoms with van der Waals surface area (Å²) in [4.78, 5) is 11.7. The van der Waals surface area contributed by atoms with Gasteiger partial charge in [-0.3, -0.25) is 4.79 Å². The Balaban J connectivity index is 1.94. The van der Waals surface area contributed by atoms with Crippen molar-refractivity contribution in [1.29, 1.82) is 0 Å². The molecule has 0 unspecified atom stereocenters. The zero-order valence-electron chi connectivity index (χ0n) is 12.7. The van der Waals surface area contributed by atoms with Crippen LogP contribution in [0.15, 0.2) is 29.2 Å². The average Bonchev–Trinajstić information content (AvgIpc) is 2.99. The lowest BCUT2D eigenvalue weighted by atomic mass is 10.2. The molecule has 1 heterocycles. The van der Waals surface area contributed by atoms with Gasteiger partial charge in [-0.25, -0.2) is 13.1 Å². The molecule has 1 saturated heterocycles. The van der Waals surface area contributed by atoms with Gasteiger partial charge in [0.15, 0.2) is 0 Å². The first-order valence-corrected chi connectivity index (χ1v) is 9.01. The van der Waals surface area contributed by atoms with E-state index in [-0.39, 0.29) is 23.5 Å². The predicted octanol–water partition coefficient (Wildman–Crippen LogP) is 1.88. The second-order valence-corrected chi connectivity index (χ2v) is 7.08. The van der Waals surface area contributed by atoms with E-state index >= 15 is 0 Å². The topological polar surface area (TPSA) is 84.5 Å². The number of nitrogens with one attached hydrogen (secondary N) is 2. The van der Waals surface area contributed by atoms with Crippen molar-refractivity contribution in [3.8, 4) is 0 Å². The second-order valence-electron chi connectivity index (χ2n) is 5.31. The minimum Gasteiger partial charge on any atom is -0.377 e. The van der Waals surface area contributed by atoms with Gasteiger partial charge >= 0.3 is 0 Å². The van der Waals surface area contributed by atoms with Gasteiger partial charge in [0.1, 0.15) is 0 Å². The van der Waals surface area contributed by atoms with E-state index in [0.717, 1.165) is 19.3 Å². The Bertz CT molecular complexity index is 592. The molecule has 1 atom stereocenters. The number of hydrogen-bond donors (Lipinski definition) is 2. The molecule has 7 heteroatoms. The van der Waals surface area contributed by atoms with Gasteiger partial charge in [0, 0.05) is 25.3 Å². The number of amides is 1. The van der Waals surface area contributed by atoms with Crippen molar-refractivity contribution in [2.75, 3.05) is 18.5 Å². The summed E-state index contributed by atoms with van der Waals surface area (Å²) in [5, 5.41) is 2.72. The number of benzene rings is 1. The lowest BCUT2D eigenvalue weighted by Crippen LogP contribution is -2.31. The molecule has 1 aromatic rings. The highest BCUT2D eigenvalue weighted by Crippen LogP contribution is 2.16. The first-order chi connectivity index (χ1) is 10.5. The summed E-state index contributed by atoms with van der Waals surface area (Å²) in [6.07, 6.45) is 3.03. The van der Waals surface area contributed by atoms with Gasteiger partial charge in [-0.1, -0.05) is 6.92 Å². The first kappa shape index (κ1) is 16.9. The molecular formula is C15H22N2O4S. The van der Waals surface area contributed by atoms with E-state index in [1.165, 1.54) is 12.1 Å². The molecule has 1 aliphatic rings. The summed E-state index contributed by atoms with van der Waals surface area (Å²) in [5.41, 5.74) is 0.594. The van der Waals surface area contributed by atoms with Crippen LogP contribution in [-0.2, 0) is 19.6 Å². The molecule has 122 valence electrons. The lowest BCUT2D eigenvalue weighted by molar-refractivity contribution is -0.116. The van der Waals surface area contributed by atoms with Gasteiger partial charge < -0.3 is 10.1 Å². The minimum absolute atomic E-state index is 0.0395. The standard InChI is InChI=1S/C15H22N2O4S/c1-2-4-15(18)17-12-6-8-14(9-7-12)22(19,20)16-11-13-5-3-10-21-13/h6-9,13,16H,2-5,10-11H2,1H3,(H,17,18)/t13-/m1/s1. The molecule has 1 amide bonds. The van der Waals surface area contributed by atoms with Crippen LogP contribution < -0.4 is 10.0 Å². The van der Waals surface area contributed by atoms with Crippen LogP contribution in [0.2, 0.25) is 0 Å².